The zero-order valence-corrected chi connectivity index (χ0v) is 15.5. The third kappa shape index (κ3) is 4.09. The molecular weight excluding hydrogens is 355 g/mol. The lowest BCUT2D eigenvalue weighted by atomic mass is 9.86. The van der Waals surface area contributed by atoms with Gasteiger partial charge in [0, 0.05) is 30.6 Å². The molecule has 1 atom stereocenters. The van der Waals surface area contributed by atoms with E-state index in [1.807, 2.05) is 0 Å². The first-order valence-electron chi connectivity index (χ1n) is 9.30. The number of nitrogens with zero attached hydrogens (tertiary/aromatic N) is 2. The predicted molar refractivity (Wildman–Crippen MR) is 100 cm³/mol. The molecule has 7 heteroatoms. The summed E-state index contributed by atoms with van der Waals surface area (Å²) < 4.78 is 25.5. The van der Waals surface area contributed by atoms with Crippen molar-refractivity contribution in [1.82, 2.24) is 0 Å². The fraction of sp³-hybridized carbons (Fsp3) is 0.632. The average molecular weight is 378 g/mol. The van der Waals surface area contributed by atoms with Crippen LogP contribution < -0.4 is 0 Å². The SMILES string of the molecule is O=C1N=C(CSC2CCOCC2)N=C2C=C(OCC3CCC3)C=C(F)C12. The van der Waals surface area contributed by atoms with Crippen molar-refractivity contribution in [3.63, 3.8) is 0 Å². The number of hydrogen-bond donors (Lipinski definition) is 0. The number of halogens is 1. The zero-order chi connectivity index (χ0) is 17.9. The van der Waals surface area contributed by atoms with Crippen LogP contribution in [-0.4, -0.2) is 48.3 Å². The first-order chi connectivity index (χ1) is 12.7. The van der Waals surface area contributed by atoms with Crippen molar-refractivity contribution >= 4 is 29.2 Å². The van der Waals surface area contributed by atoms with Gasteiger partial charge in [0.2, 0.25) is 0 Å². The monoisotopic (exact) mass is 378 g/mol. The Hall–Kier alpha value is -1.47. The molecule has 2 aliphatic carbocycles. The number of carbonyl (C=O) groups excluding carboxylic acids is 1. The van der Waals surface area contributed by atoms with Gasteiger partial charge < -0.3 is 9.47 Å². The highest BCUT2D eigenvalue weighted by molar-refractivity contribution is 8.00. The zero-order valence-electron chi connectivity index (χ0n) is 14.7. The minimum absolute atomic E-state index is 0.413. The molecule has 0 spiro atoms. The number of rotatable bonds is 6. The van der Waals surface area contributed by atoms with Crippen LogP contribution >= 0.6 is 11.8 Å². The summed E-state index contributed by atoms with van der Waals surface area (Å²) in [5, 5.41) is 0.499. The molecule has 26 heavy (non-hydrogen) atoms. The second kappa shape index (κ2) is 8.05. The summed E-state index contributed by atoms with van der Waals surface area (Å²) in [6.07, 6.45) is 8.58. The third-order valence-corrected chi connectivity index (χ3v) is 6.58. The Labute approximate surface area is 156 Å². The van der Waals surface area contributed by atoms with Crippen molar-refractivity contribution in [1.29, 1.82) is 0 Å². The summed E-state index contributed by atoms with van der Waals surface area (Å²) in [5.41, 5.74) is 0.413. The second-order valence-corrected chi connectivity index (χ2v) is 8.43. The first-order valence-corrected chi connectivity index (χ1v) is 10.3. The van der Waals surface area contributed by atoms with E-state index < -0.39 is 17.7 Å². The molecule has 0 bridgehead atoms. The van der Waals surface area contributed by atoms with Crippen LogP contribution in [0.2, 0.25) is 0 Å². The lowest BCUT2D eigenvalue weighted by molar-refractivity contribution is -0.119. The van der Waals surface area contributed by atoms with Gasteiger partial charge in [0.15, 0.2) is 0 Å². The summed E-state index contributed by atoms with van der Waals surface area (Å²) in [7, 11) is 0. The second-order valence-electron chi connectivity index (χ2n) is 7.14. The lowest BCUT2D eigenvalue weighted by Crippen LogP contribution is -2.31. The van der Waals surface area contributed by atoms with E-state index in [4.69, 9.17) is 9.47 Å². The number of thioether (sulfide) groups is 1. The molecule has 0 aromatic heterocycles. The maximum Gasteiger partial charge on any atom is 0.263 e. The van der Waals surface area contributed by atoms with Crippen molar-refractivity contribution in [2.24, 2.45) is 21.8 Å². The number of amidine groups is 1. The highest BCUT2D eigenvalue weighted by atomic mass is 32.2. The van der Waals surface area contributed by atoms with Crippen LogP contribution in [-0.2, 0) is 14.3 Å². The van der Waals surface area contributed by atoms with E-state index in [2.05, 4.69) is 9.98 Å². The molecule has 4 rings (SSSR count). The Morgan fingerprint density at radius 3 is 2.73 bits per heavy atom. The molecule has 0 aromatic rings. The Kier molecular flexibility index (Phi) is 5.55. The molecule has 5 nitrogen and oxygen atoms in total. The van der Waals surface area contributed by atoms with Crippen molar-refractivity contribution in [3.05, 3.63) is 23.7 Å². The molecule has 1 saturated carbocycles. The number of hydrogen-bond acceptors (Lipinski definition) is 5. The smallest absolute Gasteiger partial charge is 0.263 e. The van der Waals surface area contributed by atoms with E-state index in [1.165, 1.54) is 25.3 Å². The molecule has 2 aliphatic heterocycles. The number of fused-ring (bicyclic) bond motifs is 1. The molecule has 4 aliphatic rings. The molecule has 2 fully saturated rings. The van der Waals surface area contributed by atoms with Crippen molar-refractivity contribution in [2.75, 3.05) is 25.6 Å². The van der Waals surface area contributed by atoms with E-state index in [-0.39, 0.29) is 0 Å². The summed E-state index contributed by atoms with van der Waals surface area (Å²) in [5.74, 6) is 0.0539. The number of carbonyl (C=O) groups is 1. The van der Waals surface area contributed by atoms with E-state index in [0.29, 0.717) is 40.8 Å². The number of aliphatic imine (C=N–C) groups is 2. The predicted octanol–water partition coefficient (Wildman–Crippen LogP) is 3.46. The van der Waals surface area contributed by atoms with Gasteiger partial charge in [-0.05, 0) is 31.6 Å². The quantitative estimate of drug-likeness (QED) is 0.710. The highest BCUT2D eigenvalue weighted by Crippen LogP contribution is 2.31. The van der Waals surface area contributed by atoms with Gasteiger partial charge in [-0.25, -0.2) is 9.38 Å². The maximum atomic E-state index is 14.4. The van der Waals surface area contributed by atoms with Crippen LogP contribution in [0.25, 0.3) is 0 Å². The topological polar surface area (TPSA) is 60.2 Å². The Morgan fingerprint density at radius 2 is 2.00 bits per heavy atom. The molecule has 2 heterocycles. The van der Waals surface area contributed by atoms with Crippen molar-refractivity contribution in [3.8, 4) is 0 Å². The normalized spacial score (nSPS) is 27.0. The Bertz CT molecular complexity index is 691. The van der Waals surface area contributed by atoms with Crippen LogP contribution in [0.4, 0.5) is 4.39 Å². The number of amides is 1. The van der Waals surface area contributed by atoms with Crippen LogP contribution in [0.15, 0.2) is 33.7 Å². The standard InChI is InChI=1S/C19H23FN2O3S/c20-15-8-13(25-10-12-2-1-3-12)9-16-18(15)19(23)22-17(21-16)11-26-14-4-6-24-7-5-14/h8-9,12,14,18H,1-7,10-11H2. The van der Waals surface area contributed by atoms with Gasteiger partial charge in [-0.1, -0.05) is 6.42 Å². The average Bonchev–Trinajstić information content (AvgIpc) is 2.59. The van der Waals surface area contributed by atoms with Crippen LogP contribution in [0.5, 0.6) is 0 Å². The van der Waals surface area contributed by atoms with E-state index >= 15 is 0 Å². The summed E-state index contributed by atoms with van der Waals surface area (Å²) in [6.45, 7) is 2.16. The van der Waals surface area contributed by atoms with Gasteiger partial charge in [-0.2, -0.15) is 16.8 Å². The van der Waals surface area contributed by atoms with Gasteiger partial charge in [0.1, 0.15) is 23.3 Å². The molecule has 140 valence electrons. The minimum Gasteiger partial charge on any atom is -0.493 e. The van der Waals surface area contributed by atoms with Crippen molar-refractivity contribution < 1.29 is 18.7 Å². The van der Waals surface area contributed by atoms with E-state index in [9.17, 15) is 9.18 Å². The molecule has 1 amide bonds. The highest BCUT2D eigenvalue weighted by Gasteiger charge is 2.35. The van der Waals surface area contributed by atoms with Gasteiger partial charge in [0.05, 0.1) is 18.1 Å². The van der Waals surface area contributed by atoms with E-state index in [1.54, 1.807) is 17.8 Å². The van der Waals surface area contributed by atoms with Crippen molar-refractivity contribution in [2.45, 2.75) is 37.4 Å². The van der Waals surface area contributed by atoms with Gasteiger partial charge in [-0.3, -0.25) is 4.79 Å². The fourth-order valence-electron chi connectivity index (χ4n) is 3.39. The summed E-state index contributed by atoms with van der Waals surface area (Å²) in [4.78, 5) is 20.7. The molecule has 1 unspecified atom stereocenters. The molecule has 0 radical (unpaired) electrons. The lowest BCUT2D eigenvalue weighted by Gasteiger charge is -2.27. The van der Waals surface area contributed by atoms with Gasteiger partial charge in [-0.15, -0.1) is 0 Å². The molecule has 0 N–H and O–H groups in total. The fourth-order valence-corrected chi connectivity index (χ4v) is 4.43. The maximum absolute atomic E-state index is 14.4. The van der Waals surface area contributed by atoms with Gasteiger partial charge >= 0.3 is 0 Å². The Balaban J connectivity index is 1.41. The Morgan fingerprint density at radius 1 is 1.19 bits per heavy atom. The third-order valence-electron chi connectivity index (χ3n) is 5.21. The molecular formula is C19H23FN2O3S. The molecule has 0 aromatic carbocycles. The van der Waals surface area contributed by atoms with Crippen LogP contribution in [0.1, 0.15) is 32.1 Å². The first kappa shape index (κ1) is 17.9. The van der Waals surface area contributed by atoms with Crippen LogP contribution in [0, 0.1) is 11.8 Å². The number of allylic oxidation sites excluding steroid dienone is 2. The summed E-state index contributed by atoms with van der Waals surface area (Å²) in [6, 6.07) is 0. The number of ether oxygens (including phenoxy) is 2. The molecule has 1 saturated heterocycles. The minimum atomic E-state index is -0.997. The van der Waals surface area contributed by atoms with E-state index in [0.717, 1.165) is 26.1 Å². The van der Waals surface area contributed by atoms with Gasteiger partial charge in [0.25, 0.3) is 5.91 Å². The summed E-state index contributed by atoms with van der Waals surface area (Å²) >= 11 is 1.74. The largest absolute Gasteiger partial charge is 0.493 e. The van der Waals surface area contributed by atoms with Crippen LogP contribution in [0.3, 0.4) is 0 Å².